The molecule has 0 aromatic heterocycles. The number of ether oxygens (including phenoxy) is 3. The molecule has 1 N–H and O–H groups in total. The number of benzene rings is 2. The lowest BCUT2D eigenvalue weighted by Crippen LogP contribution is -2.43. The van der Waals surface area contributed by atoms with Crippen LogP contribution in [0.15, 0.2) is 48.5 Å². The summed E-state index contributed by atoms with van der Waals surface area (Å²) in [7, 11) is 4.36. The molecule has 0 unspecified atom stereocenters. The predicted octanol–water partition coefficient (Wildman–Crippen LogP) is 2.22. The van der Waals surface area contributed by atoms with E-state index in [1.807, 2.05) is 12.1 Å². The minimum absolute atomic E-state index is 0.303. The van der Waals surface area contributed by atoms with Crippen molar-refractivity contribution >= 4 is 11.9 Å². The Kier molecular flexibility index (Phi) is 6.39. The summed E-state index contributed by atoms with van der Waals surface area (Å²) in [5, 5.41) is 2.71. The van der Waals surface area contributed by atoms with Crippen LogP contribution in [0.3, 0.4) is 0 Å². The summed E-state index contributed by atoms with van der Waals surface area (Å²) in [5.74, 6) is 0.241. The summed E-state index contributed by atoms with van der Waals surface area (Å²) < 4.78 is 15.1. The van der Waals surface area contributed by atoms with Crippen molar-refractivity contribution in [2.24, 2.45) is 0 Å². The molecule has 0 saturated heterocycles. The van der Waals surface area contributed by atoms with E-state index in [9.17, 15) is 9.59 Å². The number of esters is 1. The van der Waals surface area contributed by atoms with Crippen LogP contribution in [0.25, 0.3) is 0 Å². The fourth-order valence-corrected chi connectivity index (χ4v) is 2.40. The monoisotopic (exact) mass is 343 g/mol. The number of hydrogen-bond acceptors (Lipinski definition) is 5. The molecule has 6 heteroatoms. The van der Waals surface area contributed by atoms with Crippen LogP contribution in [-0.2, 0) is 16.0 Å². The molecule has 0 heterocycles. The standard InChI is InChI=1S/C19H21NO5/c1-23-14-10-8-13(9-11-14)12-16(19(22)25-3)20-18(21)15-6-4-5-7-17(15)24-2/h4-11,16H,12H2,1-3H3,(H,20,21)/t16-/m1/s1. The highest BCUT2D eigenvalue weighted by Crippen LogP contribution is 2.18. The van der Waals surface area contributed by atoms with Gasteiger partial charge in [0, 0.05) is 6.42 Å². The average molecular weight is 343 g/mol. The minimum Gasteiger partial charge on any atom is -0.497 e. The summed E-state index contributed by atoms with van der Waals surface area (Å²) in [6, 6.07) is 13.3. The van der Waals surface area contributed by atoms with E-state index in [0.717, 1.165) is 11.3 Å². The summed E-state index contributed by atoms with van der Waals surface area (Å²) >= 11 is 0. The highest BCUT2D eigenvalue weighted by Gasteiger charge is 2.24. The van der Waals surface area contributed by atoms with E-state index >= 15 is 0 Å². The van der Waals surface area contributed by atoms with Crippen LogP contribution < -0.4 is 14.8 Å². The average Bonchev–Trinajstić information content (AvgIpc) is 2.67. The highest BCUT2D eigenvalue weighted by atomic mass is 16.5. The van der Waals surface area contributed by atoms with Crippen LogP contribution in [0.4, 0.5) is 0 Å². The van der Waals surface area contributed by atoms with Gasteiger partial charge in [-0.3, -0.25) is 4.79 Å². The number of nitrogens with one attached hydrogen (secondary N) is 1. The third-order valence-corrected chi connectivity index (χ3v) is 3.74. The normalized spacial score (nSPS) is 11.3. The van der Waals surface area contributed by atoms with E-state index < -0.39 is 17.9 Å². The van der Waals surface area contributed by atoms with Gasteiger partial charge < -0.3 is 19.5 Å². The van der Waals surface area contributed by atoms with Gasteiger partial charge in [-0.1, -0.05) is 24.3 Å². The van der Waals surface area contributed by atoms with Gasteiger partial charge in [0.15, 0.2) is 0 Å². The van der Waals surface area contributed by atoms with Crippen LogP contribution in [0.2, 0.25) is 0 Å². The van der Waals surface area contributed by atoms with Gasteiger partial charge >= 0.3 is 5.97 Å². The van der Waals surface area contributed by atoms with Gasteiger partial charge in [0.1, 0.15) is 17.5 Å². The molecule has 0 bridgehead atoms. The zero-order valence-corrected chi connectivity index (χ0v) is 14.4. The molecule has 1 atom stereocenters. The molecule has 0 fully saturated rings. The van der Waals surface area contributed by atoms with Gasteiger partial charge in [0.2, 0.25) is 0 Å². The lowest BCUT2D eigenvalue weighted by Gasteiger charge is -2.17. The number of para-hydroxylation sites is 1. The predicted molar refractivity (Wildman–Crippen MR) is 93.0 cm³/mol. The molecule has 0 aliphatic heterocycles. The maximum Gasteiger partial charge on any atom is 0.328 e. The first-order valence-electron chi connectivity index (χ1n) is 7.73. The largest absolute Gasteiger partial charge is 0.497 e. The number of hydrogen-bond donors (Lipinski definition) is 1. The Morgan fingerprint density at radius 2 is 1.64 bits per heavy atom. The summed E-state index contributed by atoms with van der Waals surface area (Å²) in [5.41, 5.74) is 1.23. The van der Waals surface area contributed by atoms with Crippen molar-refractivity contribution in [3.63, 3.8) is 0 Å². The topological polar surface area (TPSA) is 73.9 Å². The molecule has 0 spiro atoms. The second-order valence-corrected chi connectivity index (χ2v) is 5.30. The Balaban J connectivity index is 2.16. The quantitative estimate of drug-likeness (QED) is 0.781. The van der Waals surface area contributed by atoms with Crippen LogP contribution in [-0.4, -0.2) is 39.2 Å². The van der Waals surface area contributed by atoms with Gasteiger partial charge in [-0.25, -0.2) is 4.79 Å². The third-order valence-electron chi connectivity index (χ3n) is 3.74. The van der Waals surface area contributed by atoms with Crippen molar-refractivity contribution in [2.45, 2.75) is 12.5 Å². The van der Waals surface area contributed by atoms with Crippen molar-refractivity contribution in [2.75, 3.05) is 21.3 Å². The van der Waals surface area contributed by atoms with E-state index in [4.69, 9.17) is 14.2 Å². The number of carbonyl (C=O) groups is 2. The zero-order valence-electron chi connectivity index (χ0n) is 14.4. The fourth-order valence-electron chi connectivity index (χ4n) is 2.40. The van der Waals surface area contributed by atoms with Crippen molar-refractivity contribution in [1.29, 1.82) is 0 Å². The van der Waals surface area contributed by atoms with E-state index in [0.29, 0.717) is 17.7 Å². The summed E-state index contributed by atoms with van der Waals surface area (Å²) in [6.07, 6.45) is 0.303. The molecule has 0 aliphatic carbocycles. The number of amides is 1. The van der Waals surface area contributed by atoms with Crippen molar-refractivity contribution in [1.82, 2.24) is 5.32 Å². The molecule has 1 amide bonds. The second kappa shape index (κ2) is 8.73. The van der Waals surface area contributed by atoms with Crippen LogP contribution >= 0.6 is 0 Å². The zero-order chi connectivity index (χ0) is 18.2. The third kappa shape index (κ3) is 4.73. The lowest BCUT2D eigenvalue weighted by molar-refractivity contribution is -0.142. The fraction of sp³-hybridized carbons (Fsp3) is 0.263. The first kappa shape index (κ1) is 18.3. The molecule has 2 aromatic rings. The van der Waals surface area contributed by atoms with Gasteiger partial charge in [0.25, 0.3) is 5.91 Å². The van der Waals surface area contributed by atoms with Gasteiger partial charge in [0.05, 0.1) is 26.9 Å². The van der Waals surface area contributed by atoms with E-state index in [2.05, 4.69) is 5.32 Å². The van der Waals surface area contributed by atoms with Crippen molar-refractivity contribution < 1.29 is 23.8 Å². The van der Waals surface area contributed by atoms with Crippen LogP contribution in [0.1, 0.15) is 15.9 Å². The Morgan fingerprint density at radius 1 is 0.960 bits per heavy atom. The van der Waals surface area contributed by atoms with E-state index in [-0.39, 0.29) is 0 Å². The Labute approximate surface area is 146 Å². The number of rotatable bonds is 7. The molecule has 2 rings (SSSR count). The Morgan fingerprint density at radius 3 is 2.24 bits per heavy atom. The second-order valence-electron chi connectivity index (χ2n) is 5.30. The SMILES string of the molecule is COC(=O)[C@@H](Cc1ccc(OC)cc1)NC(=O)c1ccccc1OC. The molecule has 6 nitrogen and oxygen atoms in total. The number of methoxy groups -OCH3 is 3. The molecule has 0 aliphatic rings. The molecular weight excluding hydrogens is 322 g/mol. The molecule has 25 heavy (non-hydrogen) atoms. The van der Waals surface area contributed by atoms with Crippen LogP contribution in [0, 0.1) is 0 Å². The smallest absolute Gasteiger partial charge is 0.328 e. The van der Waals surface area contributed by atoms with Gasteiger partial charge in [-0.2, -0.15) is 0 Å². The first-order chi connectivity index (χ1) is 12.1. The Bertz CT molecular complexity index is 727. The van der Waals surface area contributed by atoms with E-state index in [1.54, 1.807) is 43.5 Å². The molecule has 2 aromatic carbocycles. The lowest BCUT2D eigenvalue weighted by atomic mass is 10.0. The maximum absolute atomic E-state index is 12.5. The van der Waals surface area contributed by atoms with E-state index in [1.165, 1.54) is 14.2 Å². The highest BCUT2D eigenvalue weighted by molar-refractivity contribution is 5.99. The maximum atomic E-state index is 12.5. The summed E-state index contributed by atoms with van der Waals surface area (Å²) in [6.45, 7) is 0. The van der Waals surface area contributed by atoms with Gasteiger partial charge in [-0.05, 0) is 29.8 Å². The molecule has 132 valence electrons. The minimum atomic E-state index is -0.809. The van der Waals surface area contributed by atoms with Gasteiger partial charge in [-0.15, -0.1) is 0 Å². The molecule has 0 saturated carbocycles. The van der Waals surface area contributed by atoms with Crippen LogP contribution in [0.5, 0.6) is 11.5 Å². The first-order valence-corrected chi connectivity index (χ1v) is 7.73. The van der Waals surface area contributed by atoms with Crippen molar-refractivity contribution in [3.05, 3.63) is 59.7 Å². The Hall–Kier alpha value is -3.02. The summed E-state index contributed by atoms with van der Waals surface area (Å²) in [4.78, 5) is 24.6. The van der Waals surface area contributed by atoms with Crippen molar-refractivity contribution in [3.8, 4) is 11.5 Å². The molecule has 0 radical (unpaired) electrons. The molecular formula is C19H21NO5. The number of carbonyl (C=O) groups excluding carboxylic acids is 2.